The molecule has 1 amide bonds. The topological polar surface area (TPSA) is 46.3 Å². The molecule has 2 aromatic carbocycles. The van der Waals surface area contributed by atoms with E-state index in [-0.39, 0.29) is 5.91 Å². The van der Waals surface area contributed by atoms with Crippen molar-refractivity contribution >= 4 is 16.8 Å². The summed E-state index contributed by atoms with van der Waals surface area (Å²) in [6, 6.07) is 25.8. The number of benzene rings is 2. The predicted molar refractivity (Wildman–Crippen MR) is 110 cm³/mol. The van der Waals surface area contributed by atoms with Crippen molar-refractivity contribution in [3.05, 3.63) is 102 Å². The molecular weight excluding hydrogens is 348 g/mol. The maximum Gasteiger partial charge on any atom is 0.289 e. The zero-order valence-electron chi connectivity index (χ0n) is 15.6. The van der Waals surface area contributed by atoms with Crippen LogP contribution in [-0.4, -0.2) is 22.3 Å². The summed E-state index contributed by atoms with van der Waals surface area (Å²) in [5.74, 6) is 0.258. The van der Waals surface area contributed by atoms with Crippen molar-refractivity contribution in [3.8, 4) is 0 Å². The highest BCUT2D eigenvalue weighted by atomic mass is 16.3. The van der Waals surface area contributed by atoms with Crippen molar-refractivity contribution in [2.24, 2.45) is 0 Å². The van der Waals surface area contributed by atoms with Crippen LogP contribution in [0.25, 0.3) is 10.9 Å². The second-order valence-corrected chi connectivity index (χ2v) is 6.79. The molecule has 140 valence electrons. The number of amides is 1. The van der Waals surface area contributed by atoms with Gasteiger partial charge in [-0.05, 0) is 42.7 Å². The zero-order chi connectivity index (χ0) is 19.2. The van der Waals surface area contributed by atoms with E-state index in [1.54, 1.807) is 12.1 Å². The van der Waals surface area contributed by atoms with Crippen LogP contribution >= 0.6 is 0 Å². The Kier molecular flexibility index (Phi) is 5.48. The molecule has 0 aliphatic heterocycles. The number of pyridine rings is 1. The van der Waals surface area contributed by atoms with E-state index >= 15 is 0 Å². The van der Waals surface area contributed by atoms with E-state index in [4.69, 9.17) is 9.40 Å². The Bertz CT molecular complexity index is 1040. The number of aryl methyl sites for hydroxylation is 1. The van der Waals surface area contributed by atoms with E-state index < -0.39 is 0 Å². The number of carbonyl (C=O) groups is 1. The molecule has 0 bridgehead atoms. The number of furan rings is 1. The maximum atomic E-state index is 12.9. The maximum absolute atomic E-state index is 12.9. The van der Waals surface area contributed by atoms with Gasteiger partial charge in [-0.15, -0.1) is 0 Å². The molecule has 4 heteroatoms. The number of hydrogen-bond donors (Lipinski definition) is 0. The van der Waals surface area contributed by atoms with Crippen molar-refractivity contribution in [2.75, 3.05) is 6.54 Å². The number of para-hydroxylation sites is 1. The first kappa shape index (κ1) is 18.0. The third kappa shape index (κ3) is 4.29. The lowest BCUT2D eigenvalue weighted by molar-refractivity contribution is 0.0707. The molecule has 0 N–H and O–H groups in total. The van der Waals surface area contributed by atoms with Crippen LogP contribution in [0.2, 0.25) is 0 Å². The standard InChI is InChI=1S/C24H22N2O2/c27-24(23-13-7-17-28-23)26(16-6-10-19-8-2-1-3-9-19)18-21-15-14-20-11-4-5-12-22(20)25-21/h1-5,7-9,11-15,17H,6,10,16,18H2. The van der Waals surface area contributed by atoms with Crippen LogP contribution in [0.15, 0.2) is 89.5 Å². The molecule has 2 aromatic heterocycles. The van der Waals surface area contributed by atoms with E-state index in [1.165, 1.54) is 11.8 Å². The van der Waals surface area contributed by atoms with Gasteiger partial charge in [0.15, 0.2) is 5.76 Å². The molecule has 4 nitrogen and oxygen atoms in total. The molecule has 0 spiro atoms. The Morgan fingerprint density at radius 2 is 1.71 bits per heavy atom. The fraction of sp³-hybridized carbons (Fsp3) is 0.167. The van der Waals surface area contributed by atoms with E-state index in [1.807, 2.05) is 53.4 Å². The average Bonchev–Trinajstić information content (AvgIpc) is 3.28. The first-order valence-corrected chi connectivity index (χ1v) is 9.51. The van der Waals surface area contributed by atoms with Gasteiger partial charge in [0.2, 0.25) is 0 Å². The number of fused-ring (bicyclic) bond motifs is 1. The molecule has 0 aliphatic rings. The summed E-state index contributed by atoms with van der Waals surface area (Å²) in [6.45, 7) is 1.10. The lowest BCUT2D eigenvalue weighted by Gasteiger charge is -2.21. The second kappa shape index (κ2) is 8.53. The van der Waals surface area contributed by atoms with Gasteiger partial charge in [0.05, 0.1) is 24.0 Å². The van der Waals surface area contributed by atoms with Gasteiger partial charge in [-0.25, -0.2) is 0 Å². The van der Waals surface area contributed by atoms with Gasteiger partial charge in [0.25, 0.3) is 5.91 Å². The number of rotatable bonds is 7. The van der Waals surface area contributed by atoms with Gasteiger partial charge in [0.1, 0.15) is 0 Å². The molecule has 2 heterocycles. The van der Waals surface area contributed by atoms with Crippen LogP contribution in [0.4, 0.5) is 0 Å². The van der Waals surface area contributed by atoms with Gasteiger partial charge in [0, 0.05) is 11.9 Å². The summed E-state index contributed by atoms with van der Waals surface area (Å²) in [5, 5.41) is 1.10. The molecule has 0 fully saturated rings. The minimum Gasteiger partial charge on any atom is -0.459 e. The van der Waals surface area contributed by atoms with Gasteiger partial charge in [-0.2, -0.15) is 0 Å². The SMILES string of the molecule is O=C(c1ccco1)N(CCCc1ccccc1)Cc1ccc2ccccc2n1. The zero-order valence-corrected chi connectivity index (χ0v) is 15.6. The highest BCUT2D eigenvalue weighted by molar-refractivity contribution is 5.91. The number of aromatic nitrogens is 1. The molecule has 4 rings (SSSR count). The van der Waals surface area contributed by atoms with Crippen molar-refractivity contribution < 1.29 is 9.21 Å². The molecule has 0 unspecified atom stereocenters. The molecule has 0 saturated carbocycles. The fourth-order valence-corrected chi connectivity index (χ4v) is 3.32. The van der Waals surface area contributed by atoms with Crippen LogP contribution in [0.5, 0.6) is 0 Å². The summed E-state index contributed by atoms with van der Waals surface area (Å²) in [4.78, 5) is 19.5. The Balaban J connectivity index is 1.50. The Morgan fingerprint density at radius 3 is 2.54 bits per heavy atom. The summed E-state index contributed by atoms with van der Waals surface area (Å²) in [7, 11) is 0. The molecule has 0 atom stereocenters. The second-order valence-electron chi connectivity index (χ2n) is 6.79. The number of hydrogen-bond acceptors (Lipinski definition) is 3. The normalized spacial score (nSPS) is 10.9. The molecule has 28 heavy (non-hydrogen) atoms. The first-order valence-electron chi connectivity index (χ1n) is 9.51. The lowest BCUT2D eigenvalue weighted by Crippen LogP contribution is -2.32. The van der Waals surface area contributed by atoms with Crippen LogP contribution in [0, 0.1) is 0 Å². The molecule has 0 saturated heterocycles. The molecular formula is C24H22N2O2. The van der Waals surface area contributed by atoms with Crippen molar-refractivity contribution in [3.63, 3.8) is 0 Å². The van der Waals surface area contributed by atoms with Crippen LogP contribution < -0.4 is 0 Å². The molecule has 0 aliphatic carbocycles. The van der Waals surface area contributed by atoms with E-state index in [9.17, 15) is 4.79 Å². The smallest absolute Gasteiger partial charge is 0.289 e. The number of carbonyl (C=O) groups excluding carboxylic acids is 1. The summed E-state index contributed by atoms with van der Waals surface area (Å²) in [6.07, 6.45) is 3.33. The van der Waals surface area contributed by atoms with E-state index in [0.717, 1.165) is 29.4 Å². The predicted octanol–water partition coefficient (Wildman–Crippen LogP) is 5.10. The van der Waals surface area contributed by atoms with Crippen molar-refractivity contribution in [2.45, 2.75) is 19.4 Å². The van der Waals surface area contributed by atoms with E-state index in [2.05, 4.69) is 18.2 Å². The summed E-state index contributed by atoms with van der Waals surface area (Å²) >= 11 is 0. The van der Waals surface area contributed by atoms with Gasteiger partial charge in [-0.1, -0.05) is 54.6 Å². The Morgan fingerprint density at radius 1 is 0.893 bits per heavy atom. The Hall–Kier alpha value is -3.40. The average molecular weight is 370 g/mol. The minimum atomic E-state index is -0.104. The molecule has 4 aromatic rings. The van der Waals surface area contributed by atoms with Crippen LogP contribution in [-0.2, 0) is 13.0 Å². The van der Waals surface area contributed by atoms with Gasteiger partial charge in [-0.3, -0.25) is 9.78 Å². The summed E-state index contributed by atoms with van der Waals surface area (Å²) < 4.78 is 5.34. The van der Waals surface area contributed by atoms with Crippen LogP contribution in [0.1, 0.15) is 28.2 Å². The highest BCUT2D eigenvalue weighted by Crippen LogP contribution is 2.15. The lowest BCUT2D eigenvalue weighted by atomic mass is 10.1. The highest BCUT2D eigenvalue weighted by Gasteiger charge is 2.19. The summed E-state index contributed by atoms with van der Waals surface area (Å²) in [5.41, 5.74) is 3.09. The van der Waals surface area contributed by atoms with Gasteiger partial charge < -0.3 is 9.32 Å². The van der Waals surface area contributed by atoms with Crippen molar-refractivity contribution in [1.29, 1.82) is 0 Å². The molecule has 0 radical (unpaired) electrons. The quantitative estimate of drug-likeness (QED) is 0.454. The fourth-order valence-electron chi connectivity index (χ4n) is 3.32. The van der Waals surface area contributed by atoms with Crippen molar-refractivity contribution in [1.82, 2.24) is 9.88 Å². The third-order valence-electron chi connectivity index (χ3n) is 4.76. The minimum absolute atomic E-state index is 0.104. The Labute approximate surface area is 164 Å². The van der Waals surface area contributed by atoms with E-state index in [0.29, 0.717) is 18.8 Å². The monoisotopic (exact) mass is 370 g/mol. The van der Waals surface area contributed by atoms with Crippen LogP contribution in [0.3, 0.4) is 0 Å². The largest absolute Gasteiger partial charge is 0.459 e. The van der Waals surface area contributed by atoms with Gasteiger partial charge >= 0.3 is 0 Å². The first-order chi connectivity index (χ1) is 13.8. The third-order valence-corrected chi connectivity index (χ3v) is 4.76. The number of nitrogens with zero attached hydrogens (tertiary/aromatic N) is 2.